The van der Waals surface area contributed by atoms with Crippen LogP contribution in [0.25, 0.3) is 10.9 Å². The van der Waals surface area contributed by atoms with E-state index in [0.717, 1.165) is 16.7 Å². The Morgan fingerprint density at radius 3 is 1.87 bits per heavy atom. The average molecular weight is 413 g/mol. The monoisotopic (exact) mass is 413 g/mol. The summed E-state index contributed by atoms with van der Waals surface area (Å²) in [5.41, 5.74) is 3.50. The number of likely N-dealkylation sites (N-methyl/N-ethyl adjacent to an activating group) is 2. The van der Waals surface area contributed by atoms with Crippen LogP contribution < -0.4 is 4.52 Å². The molecule has 0 radical (unpaired) electrons. The van der Waals surface area contributed by atoms with Gasteiger partial charge in [-0.15, -0.1) is 0 Å². The minimum absolute atomic E-state index is 0.202. The first kappa shape index (κ1) is 19.2. The van der Waals surface area contributed by atoms with Crippen molar-refractivity contribution < 1.29 is 4.52 Å². The Morgan fingerprint density at radius 1 is 0.700 bits per heavy atom. The normalized spacial score (nSPS) is 22.4. The zero-order chi connectivity index (χ0) is 20.5. The molecule has 3 aromatic carbocycles. The molecule has 1 aliphatic rings. The van der Waals surface area contributed by atoms with Gasteiger partial charge >= 0.3 is 0 Å². The van der Waals surface area contributed by atoms with Gasteiger partial charge < -0.3 is 4.52 Å². The van der Waals surface area contributed by atoms with Crippen molar-refractivity contribution in [3.05, 3.63) is 108 Å². The van der Waals surface area contributed by atoms with Crippen molar-refractivity contribution in [2.24, 2.45) is 0 Å². The Morgan fingerprint density at radius 2 is 1.27 bits per heavy atom. The zero-order valence-electron chi connectivity index (χ0n) is 17.1. The molecular weight excluding hydrogens is 389 g/mol. The van der Waals surface area contributed by atoms with Gasteiger partial charge in [0.15, 0.2) is 5.75 Å². The summed E-state index contributed by atoms with van der Waals surface area (Å²) in [4.78, 5) is 4.58. The fourth-order valence-corrected chi connectivity index (χ4v) is 6.28. The first-order valence-electron chi connectivity index (χ1n) is 10.1. The molecule has 0 amide bonds. The third-order valence-electron chi connectivity index (χ3n) is 5.70. The number of pyridine rings is 1. The number of hydrogen-bond donors (Lipinski definition) is 0. The fourth-order valence-electron chi connectivity index (χ4n) is 4.31. The van der Waals surface area contributed by atoms with Crippen molar-refractivity contribution in [1.82, 2.24) is 14.3 Å². The number of para-hydroxylation sites is 1. The number of fused-ring (bicyclic) bond motifs is 1. The van der Waals surface area contributed by atoms with Crippen LogP contribution in [-0.4, -0.2) is 28.4 Å². The SMILES string of the molecule is CN1C(c2ccccc2)C(c2ccccc2)N(C)P1Oc1cccc2cccnc12. The fraction of sp³-hybridized carbons (Fsp3) is 0.160. The molecule has 0 bridgehead atoms. The van der Waals surface area contributed by atoms with Gasteiger partial charge in [-0.1, -0.05) is 78.9 Å². The highest BCUT2D eigenvalue weighted by Gasteiger charge is 2.47. The van der Waals surface area contributed by atoms with Crippen molar-refractivity contribution in [2.45, 2.75) is 12.1 Å². The topological polar surface area (TPSA) is 28.6 Å². The van der Waals surface area contributed by atoms with Gasteiger partial charge in [-0.25, -0.2) is 9.34 Å². The van der Waals surface area contributed by atoms with Crippen LogP contribution in [0.2, 0.25) is 0 Å². The number of benzene rings is 3. The van der Waals surface area contributed by atoms with Gasteiger partial charge in [-0.2, -0.15) is 0 Å². The quantitative estimate of drug-likeness (QED) is 0.373. The molecule has 1 fully saturated rings. The minimum atomic E-state index is -1.02. The maximum Gasteiger partial charge on any atom is 0.248 e. The summed E-state index contributed by atoms with van der Waals surface area (Å²) >= 11 is 0. The largest absolute Gasteiger partial charge is 0.442 e. The summed E-state index contributed by atoms with van der Waals surface area (Å²) in [6.45, 7) is 0. The standard InChI is InChI=1S/C25H24N3OP/c1-27-24(20-11-5-3-6-12-20)25(21-13-7-4-8-14-21)28(2)30(27)29-22-17-9-15-19-16-10-18-26-23(19)22/h3-18,24-25H,1-2H3. The number of aromatic nitrogens is 1. The Hall–Kier alpha value is -2.78. The predicted molar refractivity (Wildman–Crippen MR) is 123 cm³/mol. The van der Waals surface area contributed by atoms with Crippen LogP contribution in [0.1, 0.15) is 23.2 Å². The molecule has 2 atom stereocenters. The van der Waals surface area contributed by atoms with Gasteiger partial charge in [-0.05, 0) is 37.4 Å². The first-order chi connectivity index (χ1) is 14.7. The van der Waals surface area contributed by atoms with Crippen molar-refractivity contribution in [2.75, 3.05) is 14.1 Å². The van der Waals surface area contributed by atoms with Crippen LogP contribution >= 0.6 is 8.45 Å². The molecule has 2 unspecified atom stereocenters. The molecule has 1 saturated heterocycles. The number of rotatable bonds is 4. The van der Waals surface area contributed by atoms with Gasteiger partial charge in [0.2, 0.25) is 8.45 Å². The molecule has 30 heavy (non-hydrogen) atoms. The van der Waals surface area contributed by atoms with Gasteiger partial charge in [0.1, 0.15) is 5.52 Å². The smallest absolute Gasteiger partial charge is 0.248 e. The molecule has 1 aliphatic heterocycles. The lowest BCUT2D eigenvalue weighted by Crippen LogP contribution is -2.20. The van der Waals surface area contributed by atoms with Gasteiger partial charge in [0.05, 0.1) is 12.1 Å². The van der Waals surface area contributed by atoms with E-state index in [4.69, 9.17) is 4.52 Å². The summed E-state index contributed by atoms with van der Waals surface area (Å²) in [6, 6.07) is 32.0. The molecule has 5 rings (SSSR count). The van der Waals surface area contributed by atoms with Crippen LogP contribution in [0.4, 0.5) is 0 Å². The second-order valence-electron chi connectivity index (χ2n) is 7.53. The maximum absolute atomic E-state index is 6.67. The van der Waals surface area contributed by atoms with Crippen molar-refractivity contribution in [3.8, 4) is 5.75 Å². The van der Waals surface area contributed by atoms with Crippen LogP contribution in [0, 0.1) is 0 Å². The Bertz CT molecular complexity index is 1080. The lowest BCUT2D eigenvalue weighted by atomic mass is 9.93. The molecule has 0 aliphatic carbocycles. The van der Waals surface area contributed by atoms with Gasteiger partial charge in [0, 0.05) is 11.6 Å². The van der Waals surface area contributed by atoms with Crippen molar-refractivity contribution in [1.29, 1.82) is 0 Å². The lowest BCUT2D eigenvalue weighted by molar-refractivity contribution is 0.316. The molecular formula is C25H24N3OP. The van der Waals surface area contributed by atoms with E-state index >= 15 is 0 Å². The number of hydrogen-bond acceptors (Lipinski definition) is 4. The summed E-state index contributed by atoms with van der Waals surface area (Å²) in [5, 5.41) is 1.09. The molecule has 2 heterocycles. The zero-order valence-corrected chi connectivity index (χ0v) is 18.0. The summed E-state index contributed by atoms with van der Waals surface area (Å²) in [7, 11) is 3.32. The predicted octanol–water partition coefficient (Wildman–Crippen LogP) is 6.20. The minimum Gasteiger partial charge on any atom is -0.442 e. The van der Waals surface area contributed by atoms with E-state index in [-0.39, 0.29) is 12.1 Å². The van der Waals surface area contributed by atoms with E-state index in [1.165, 1.54) is 11.1 Å². The molecule has 1 aromatic heterocycles. The Kier molecular flexibility index (Phi) is 5.22. The summed E-state index contributed by atoms with van der Waals surface area (Å²) < 4.78 is 11.4. The Balaban J connectivity index is 1.56. The van der Waals surface area contributed by atoms with Gasteiger partial charge in [-0.3, -0.25) is 4.98 Å². The lowest BCUT2D eigenvalue weighted by Gasteiger charge is -2.26. The maximum atomic E-state index is 6.67. The highest BCUT2D eigenvalue weighted by Crippen LogP contribution is 2.62. The average Bonchev–Trinajstić information content (AvgIpc) is 3.05. The summed E-state index contributed by atoms with van der Waals surface area (Å²) in [6.07, 6.45) is 1.82. The van der Waals surface area contributed by atoms with E-state index in [1.54, 1.807) is 0 Å². The molecule has 0 spiro atoms. The second-order valence-corrected chi connectivity index (χ2v) is 9.48. The molecule has 4 nitrogen and oxygen atoms in total. The van der Waals surface area contributed by atoms with Crippen LogP contribution in [0.3, 0.4) is 0 Å². The van der Waals surface area contributed by atoms with E-state index in [2.05, 4.69) is 101 Å². The third kappa shape index (κ3) is 3.37. The molecule has 150 valence electrons. The van der Waals surface area contributed by atoms with Gasteiger partial charge in [0.25, 0.3) is 0 Å². The van der Waals surface area contributed by atoms with E-state index < -0.39 is 8.45 Å². The molecule has 4 aromatic rings. The van der Waals surface area contributed by atoms with E-state index in [0.29, 0.717) is 0 Å². The van der Waals surface area contributed by atoms with Crippen LogP contribution in [0.15, 0.2) is 97.2 Å². The molecule has 0 N–H and O–H groups in total. The Labute approximate surface area is 178 Å². The second kappa shape index (κ2) is 8.16. The highest BCUT2D eigenvalue weighted by molar-refractivity contribution is 7.48. The van der Waals surface area contributed by atoms with Crippen LogP contribution in [0.5, 0.6) is 5.75 Å². The number of nitrogens with zero attached hydrogens (tertiary/aromatic N) is 3. The van der Waals surface area contributed by atoms with Crippen molar-refractivity contribution >= 4 is 19.4 Å². The third-order valence-corrected chi connectivity index (χ3v) is 7.64. The van der Waals surface area contributed by atoms with Crippen molar-refractivity contribution in [3.63, 3.8) is 0 Å². The highest BCUT2D eigenvalue weighted by atomic mass is 31.2. The van der Waals surface area contributed by atoms with E-state index in [1.807, 2.05) is 24.4 Å². The molecule has 0 saturated carbocycles. The van der Waals surface area contributed by atoms with E-state index in [9.17, 15) is 0 Å². The van der Waals surface area contributed by atoms with Crippen LogP contribution in [-0.2, 0) is 0 Å². The molecule has 5 heteroatoms. The first-order valence-corrected chi connectivity index (χ1v) is 11.3. The summed E-state index contributed by atoms with van der Waals surface area (Å²) in [5.74, 6) is 0.832.